The minimum atomic E-state index is 0.155. The molecule has 0 N–H and O–H groups in total. The van der Waals surface area contributed by atoms with Crippen molar-refractivity contribution >= 4 is 5.91 Å². The normalized spacial score (nSPS) is 18.6. The van der Waals surface area contributed by atoms with E-state index >= 15 is 0 Å². The van der Waals surface area contributed by atoms with Crippen LogP contribution in [0, 0.1) is 6.92 Å². The minimum Gasteiger partial charge on any atom is -0.376 e. The van der Waals surface area contributed by atoms with Gasteiger partial charge in [0.15, 0.2) is 0 Å². The summed E-state index contributed by atoms with van der Waals surface area (Å²) in [4.78, 5) is 15.1. The standard InChI is InChI=1S/C25H27N3O2/c1-18-14-20-9-12-27(17-23-4-2-13-30-23)25(29)24(20)16-21(18)15-19-5-7-22(8-6-19)28-11-3-10-26-28/h3,5-8,10-11,14,16,23H,2,4,9,12-13,15,17H2,1H3. The summed E-state index contributed by atoms with van der Waals surface area (Å²) in [6.07, 6.45) is 7.83. The van der Waals surface area contributed by atoms with Gasteiger partial charge in [-0.05, 0) is 79.1 Å². The molecule has 0 spiro atoms. The van der Waals surface area contributed by atoms with Gasteiger partial charge in [-0.25, -0.2) is 4.68 Å². The van der Waals surface area contributed by atoms with Crippen LogP contribution in [-0.2, 0) is 17.6 Å². The summed E-state index contributed by atoms with van der Waals surface area (Å²) in [5.41, 5.74) is 6.80. The summed E-state index contributed by atoms with van der Waals surface area (Å²) in [5, 5.41) is 4.28. The number of hydrogen-bond donors (Lipinski definition) is 0. The van der Waals surface area contributed by atoms with Crippen molar-refractivity contribution in [1.29, 1.82) is 0 Å². The van der Waals surface area contributed by atoms with Crippen LogP contribution in [0.1, 0.15) is 45.5 Å². The Balaban J connectivity index is 1.35. The summed E-state index contributed by atoms with van der Waals surface area (Å²) in [5.74, 6) is 0.155. The summed E-state index contributed by atoms with van der Waals surface area (Å²) >= 11 is 0. The van der Waals surface area contributed by atoms with Crippen molar-refractivity contribution in [2.75, 3.05) is 19.7 Å². The van der Waals surface area contributed by atoms with E-state index in [0.29, 0.717) is 0 Å². The van der Waals surface area contributed by atoms with E-state index in [4.69, 9.17) is 4.74 Å². The van der Waals surface area contributed by atoms with Crippen LogP contribution in [0.25, 0.3) is 5.69 Å². The van der Waals surface area contributed by atoms with Crippen LogP contribution in [0.3, 0.4) is 0 Å². The molecule has 0 radical (unpaired) electrons. The summed E-state index contributed by atoms with van der Waals surface area (Å²) in [6, 6.07) is 14.7. The van der Waals surface area contributed by atoms with Gasteiger partial charge in [-0.1, -0.05) is 18.2 Å². The van der Waals surface area contributed by atoms with Crippen LogP contribution in [0.4, 0.5) is 0 Å². The Labute approximate surface area is 177 Å². The van der Waals surface area contributed by atoms with Gasteiger partial charge in [0.25, 0.3) is 5.91 Å². The SMILES string of the molecule is Cc1cc2c(cc1Cc1ccc(-n3cccn3)cc1)C(=O)N(CC1CCCO1)CC2. The Bertz CT molecular complexity index is 1040. The van der Waals surface area contributed by atoms with E-state index < -0.39 is 0 Å². The Hall–Kier alpha value is -2.92. The number of carbonyl (C=O) groups is 1. The number of benzene rings is 2. The van der Waals surface area contributed by atoms with Crippen LogP contribution in [0.15, 0.2) is 54.9 Å². The molecule has 5 nitrogen and oxygen atoms in total. The fourth-order valence-corrected chi connectivity index (χ4v) is 4.55. The third kappa shape index (κ3) is 3.77. The molecule has 5 heteroatoms. The third-order valence-electron chi connectivity index (χ3n) is 6.28. The first kappa shape index (κ1) is 19.1. The molecule has 3 heterocycles. The quantitative estimate of drug-likeness (QED) is 0.650. The van der Waals surface area contributed by atoms with Gasteiger partial charge < -0.3 is 9.64 Å². The molecule has 0 aliphatic carbocycles. The highest BCUT2D eigenvalue weighted by molar-refractivity contribution is 5.97. The second-order valence-corrected chi connectivity index (χ2v) is 8.37. The molecule has 1 unspecified atom stereocenters. The molecular weight excluding hydrogens is 374 g/mol. The predicted octanol–water partition coefficient (Wildman–Crippen LogP) is 3.95. The summed E-state index contributed by atoms with van der Waals surface area (Å²) in [6.45, 7) is 4.48. The maximum absolute atomic E-state index is 13.2. The van der Waals surface area contributed by atoms with Crippen LogP contribution < -0.4 is 0 Å². The van der Waals surface area contributed by atoms with E-state index in [-0.39, 0.29) is 12.0 Å². The molecule has 1 amide bonds. The summed E-state index contributed by atoms with van der Waals surface area (Å²) in [7, 11) is 0. The van der Waals surface area contributed by atoms with Gasteiger partial charge in [-0.2, -0.15) is 5.10 Å². The van der Waals surface area contributed by atoms with Crippen molar-refractivity contribution in [3.05, 3.63) is 82.7 Å². The molecule has 2 aliphatic heterocycles. The largest absolute Gasteiger partial charge is 0.376 e. The smallest absolute Gasteiger partial charge is 0.254 e. The minimum absolute atomic E-state index is 0.155. The molecule has 30 heavy (non-hydrogen) atoms. The van der Waals surface area contributed by atoms with E-state index in [1.807, 2.05) is 21.8 Å². The van der Waals surface area contributed by atoms with Gasteiger partial charge in [0.05, 0.1) is 11.8 Å². The Morgan fingerprint density at radius 2 is 2.07 bits per heavy atom. The maximum Gasteiger partial charge on any atom is 0.254 e. The number of ether oxygens (including phenoxy) is 1. The van der Waals surface area contributed by atoms with Crippen molar-refractivity contribution < 1.29 is 9.53 Å². The van der Waals surface area contributed by atoms with Gasteiger partial charge in [0.1, 0.15) is 0 Å². The fourth-order valence-electron chi connectivity index (χ4n) is 4.55. The highest BCUT2D eigenvalue weighted by Crippen LogP contribution is 2.26. The summed E-state index contributed by atoms with van der Waals surface area (Å²) < 4.78 is 7.61. The molecule has 2 aliphatic rings. The Morgan fingerprint density at radius 1 is 1.20 bits per heavy atom. The molecule has 0 saturated carbocycles. The lowest BCUT2D eigenvalue weighted by Gasteiger charge is -2.31. The van der Waals surface area contributed by atoms with E-state index in [1.54, 1.807) is 6.20 Å². The number of aryl methyl sites for hydroxylation is 1. The monoisotopic (exact) mass is 401 g/mol. The number of rotatable bonds is 5. The molecule has 5 rings (SSSR count). The number of aromatic nitrogens is 2. The first-order chi connectivity index (χ1) is 14.7. The zero-order valence-corrected chi connectivity index (χ0v) is 17.4. The Kier molecular flexibility index (Phi) is 5.13. The van der Waals surface area contributed by atoms with Gasteiger partial charge in [-0.15, -0.1) is 0 Å². The molecule has 1 fully saturated rings. The van der Waals surface area contributed by atoms with Crippen LogP contribution >= 0.6 is 0 Å². The third-order valence-corrected chi connectivity index (χ3v) is 6.28. The Morgan fingerprint density at radius 3 is 2.80 bits per heavy atom. The maximum atomic E-state index is 13.2. The van der Waals surface area contributed by atoms with Crippen molar-refractivity contribution in [3.63, 3.8) is 0 Å². The molecule has 2 aromatic carbocycles. The second-order valence-electron chi connectivity index (χ2n) is 8.37. The topological polar surface area (TPSA) is 47.4 Å². The van der Waals surface area contributed by atoms with E-state index in [1.165, 1.54) is 22.3 Å². The first-order valence-corrected chi connectivity index (χ1v) is 10.8. The molecule has 1 atom stereocenters. The highest BCUT2D eigenvalue weighted by atomic mass is 16.5. The van der Waals surface area contributed by atoms with Gasteiger partial charge >= 0.3 is 0 Å². The van der Waals surface area contributed by atoms with E-state index in [2.05, 4.69) is 48.4 Å². The van der Waals surface area contributed by atoms with Crippen molar-refractivity contribution in [3.8, 4) is 5.69 Å². The lowest BCUT2D eigenvalue weighted by molar-refractivity contribution is 0.0510. The van der Waals surface area contributed by atoms with Crippen molar-refractivity contribution in [2.24, 2.45) is 0 Å². The second kappa shape index (κ2) is 8.07. The van der Waals surface area contributed by atoms with Crippen molar-refractivity contribution in [1.82, 2.24) is 14.7 Å². The average Bonchev–Trinajstić information content (AvgIpc) is 3.46. The molecule has 1 saturated heterocycles. The fraction of sp³-hybridized carbons (Fsp3) is 0.360. The zero-order valence-electron chi connectivity index (χ0n) is 17.4. The van der Waals surface area contributed by atoms with Crippen molar-refractivity contribution in [2.45, 2.75) is 38.7 Å². The number of amides is 1. The van der Waals surface area contributed by atoms with Crippen LogP contribution in [0.2, 0.25) is 0 Å². The predicted molar refractivity (Wildman–Crippen MR) is 116 cm³/mol. The lowest BCUT2D eigenvalue weighted by atomic mass is 9.91. The average molecular weight is 402 g/mol. The van der Waals surface area contributed by atoms with E-state index in [0.717, 1.165) is 56.6 Å². The molecule has 154 valence electrons. The first-order valence-electron chi connectivity index (χ1n) is 10.8. The number of carbonyl (C=O) groups excluding carboxylic acids is 1. The number of nitrogens with zero attached hydrogens (tertiary/aromatic N) is 3. The van der Waals surface area contributed by atoms with Gasteiger partial charge in [-0.3, -0.25) is 4.79 Å². The lowest BCUT2D eigenvalue weighted by Crippen LogP contribution is -2.42. The van der Waals surface area contributed by atoms with Crippen LogP contribution in [-0.4, -0.2) is 46.4 Å². The molecular formula is C25H27N3O2. The molecule has 0 bridgehead atoms. The zero-order chi connectivity index (χ0) is 20.5. The number of hydrogen-bond acceptors (Lipinski definition) is 3. The van der Waals surface area contributed by atoms with Crippen LogP contribution in [0.5, 0.6) is 0 Å². The van der Waals surface area contributed by atoms with Gasteiger partial charge in [0.2, 0.25) is 0 Å². The number of fused-ring (bicyclic) bond motifs is 1. The van der Waals surface area contributed by atoms with Gasteiger partial charge in [0, 0.05) is 37.7 Å². The molecule has 3 aromatic rings. The molecule has 1 aromatic heterocycles. The van der Waals surface area contributed by atoms with E-state index in [9.17, 15) is 4.79 Å². The highest BCUT2D eigenvalue weighted by Gasteiger charge is 2.28.